The van der Waals surface area contributed by atoms with Gasteiger partial charge in [-0.05, 0) is 66.6 Å². The molecule has 1 atom stereocenters. The zero-order chi connectivity index (χ0) is 27.7. The molecule has 2 N–H and O–H groups in total. The average molecular weight is 556 g/mol. The summed E-state index contributed by atoms with van der Waals surface area (Å²) in [5, 5.41) is 11.7. The third-order valence-electron chi connectivity index (χ3n) is 7.84. The number of benzene rings is 3. The Kier molecular flexibility index (Phi) is 7.17. The Hall–Kier alpha value is -3.94. The van der Waals surface area contributed by atoms with Crippen molar-refractivity contribution < 1.29 is 14.6 Å². The number of fused-ring (bicyclic) bond motifs is 1. The van der Waals surface area contributed by atoms with E-state index in [2.05, 4.69) is 4.98 Å². The second-order valence-corrected chi connectivity index (χ2v) is 11.0. The lowest BCUT2D eigenvalue weighted by Gasteiger charge is -2.24. The maximum absolute atomic E-state index is 13.4. The topological polar surface area (TPSA) is 95.5 Å². The van der Waals surface area contributed by atoms with Crippen LogP contribution >= 0.6 is 11.6 Å². The van der Waals surface area contributed by atoms with Crippen LogP contribution in [0, 0.1) is 0 Å². The number of aliphatic hydroxyl groups is 1. The van der Waals surface area contributed by atoms with Gasteiger partial charge in [-0.1, -0.05) is 66.2 Å². The van der Waals surface area contributed by atoms with E-state index in [1.54, 1.807) is 29.2 Å². The molecular formula is C32H30ClN3O4. The summed E-state index contributed by atoms with van der Waals surface area (Å²) >= 11 is 6.24. The fourth-order valence-electron chi connectivity index (χ4n) is 5.44. The second-order valence-electron chi connectivity index (χ2n) is 10.5. The Labute approximate surface area is 237 Å². The van der Waals surface area contributed by atoms with E-state index >= 15 is 0 Å². The second kappa shape index (κ2) is 10.9. The van der Waals surface area contributed by atoms with Gasteiger partial charge < -0.3 is 19.7 Å². The van der Waals surface area contributed by atoms with Gasteiger partial charge in [-0.2, -0.15) is 0 Å². The summed E-state index contributed by atoms with van der Waals surface area (Å²) in [5.41, 5.74) is 3.14. The highest BCUT2D eigenvalue weighted by molar-refractivity contribution is 6.30. The molecule has 0 bridgehead atoms. The average Bonchev–Trinajstić information content (AvgIpc) is 3.81. The minimum absolute atomic E-state index is 0.0994. The Bertz CT molecular complexity index is 1600. The molecule has 0 radical (unpaired) electrons. The van der Waals surface area contributed by atoms with Crippen molar-refractivity contribution in [3.8, 4) is 5.75 Å². The number of aliphatic hydroxyl groups excluding tert-OH is 1. The van der Waals surface area contributed by atoms with E-state index in [1.165, 1.54) is 0 Å². The maximum atomic E-state index is 13.4. The van der Waals surface area contributed by atoms with Crippen molar-refractivity contribution in [1.82, 2.24) is 14.9 Å². The van der Waals surface area contributed by atoms with E-state index in [0.29, 0.717) is 59.4 Å². The van der Waals surface area contributed by atoms with Gasteiger partial charge in [0.1, 0.15) is 18.2 Å². The summed E-state index contributed by atoms with van der Waals surface area (Å²) in [4.78, 5) is 36.2. The lowest BCUT2D eigenvalue weighted by Crippen LogP contribution is -2.36. The number of amides is 1. The number of halogens is 1. The number of hydrogen-bond acceptors (Lipinski definition) is 5. The number of aromatic amines is 1. The van der Waals surface area contributed by atoms with Crippen LogP contribution in [0.5, 0.6) is 5.75 Å². The van der Waals surface area contributed by atoms with Crippen LogP contribution in [-0.2, 0) is 29.8 Å². The molecule has 8 heteroatoms. The van der Waals surface area contributed by atoms with Gasteiger partial charge in [0.15, 0.2) is 6.10 Å². The van der Waals surface area contributed by atoms with Crippen molar-refractivity contribution in [2.45, 2.75) is 50.4 Å². The minimum Gasteiger partial charge on any atom is -0.489 e. The summed E-state index contributed by atoms with van der Waals surface area (Å²) in [5.74, 6) is 0.774. The molecule has 1 saturated carbocycles. The molecule has 1 fully saturated rings. The van der Waals surface area contributed by atoms with Gasteiger partial charge in [0, 0.05) is 11.6 Å². The molecule has 1 amide bonds. The van der Waals surface area contributed by atoms with Gasteiger partial charge in [0.05, 0.1) is 23.2 Å². The fourth-order valence-corrected chi connectivity index (χ4v) is 5.63. The molecule has 1 aliphatic carbocycles. The van der Waals surface area contributed by atoms with E-state index in [1.807, 2.05) is 54.6 Å². The molecule has 4 aromatic rings. The van der Waals surface area contributed by atoms with Crippen LogP contribution in [0.4, 0.5) is 0 Å². The van der Waals surface area contributed by atoms with E-state index in [9.17, 15) is 14.7 Å². The Morgan fingerprint density at radius 2 is 1.88 bits per heavy atom. The van der Waals surface area contributed by atoms with Crippen molar-refractivity contribution >= 4 is 17.5 Å². The largest absolute Gasteiger partial charge is 0.489 e. The van der Waals surface area contributed by atoms with Crippen molar-refractivity contribution in [2.75, 3.05) is 6.54 Å². The first-order chi connectivity index (χ1) is 19.4. The number of rotatable bonds is 7. The first-order valence-electron chi connectivity index (χ1n) is 13.6. The SMILES string of the molecule is O=C(C(O)c1cccc(OCc2ccccc2)c1)N1CCCc2nc(C3(c4cccc(Cl)c4)CC3)[nH]c(=O)c2C1. The number of hydrogen-bond donors (Lipinski definition) is 2. The quantitative estimate of drug-likeness (QED) is 0.331. The fraction of sp³-hybridized carbons (Fsp3) is 0.281. The highest BCUT2D eigenvalue weighted by Crippen LogP contribution is 2.52. The van der Waals surface area contributed by atoms with Gasteiger partial charge in [0.25, 0.3) is 11.5 Å². The third-order valence-corrected chi connectivity index (χ3v) is 8.08. The van der Waals surface area contributed by atoms with Gasteiger partial charge in [-0.3, -0.25) is 9.59 Å². The summed E-state index contributed by atoms with van der Waals surface area (Å²) in [6, 6.07) is 24.4. The number of ether oxygens (including phenoxy) is 1. The predicted molar refractivity (Wildman–Crippen MR) is 152 cm³/mol. The lowest BCUT2D eigenvalue weighted by molar-refractivity contribution is -0.141. The van der Waals surface area contributed by atoms with Gasteiger partial charge in [-0.15, -0.1) is 0 Å². The van der Waals surface area contributed by atoms with E-state index < -0.39 is 12.0 Å². The van der Waals surface area contributed by atoms with Crippen LogP contribution in [0.3, 0.4) is 0 Å². The Morgan fingerprint density at radius 1 is 1.07 bits per heavy atom. The normalized spacial score (nSPS) is 16.5. The molecule has 2 aliphatic rings. The number of H-pyrrole nitrogens is 1. The third kappa shape index (κ3) is 5.27. The lowest BCUT2D eigenvalue weighted by atomic mass is 9.94. The number of carbonyl (C=O) groups excluding carboxylic acids is 1. The van der Waals surface area contributed by atoms with Crippen molar-refractivity contribution in [1.29, 1.82) is 0 Å². The molecule has 1 unspecified atom stereocenters. The Balaban J connectivity index is 1.19. The van der Waals surface area contributed by atoms with E-state index in [-0.39, 0.29) is 17.5 Å². The first kappa shape index (κ1) is 26.3. The molecule has 1 aromatic heterocycles. The van der Waals surface area contributed by atoms with Crippen LogP contribution in [0.2, 0.25) is 5.02 Å². The highest BCUT2D eigenvalue weighted by Gasteiger charge is 2.48. The zero-order valence-corrected chi connectivity index (χ0v) is 22.7. The van der Waals surface area contributed by atoms with E-state index in [0.717, 1.165) is 24.0 Å². The molecule has 1 aliphatic heterocycles. The molecule has 6 rings (SSSR count). The molecule has 3 aromatic carbocycles. The monoisotopic (exact) mass is 555 g/mol. The molecule has 0 spiro atoms. The van der Waals surface area contributed by atoms with Crippen LogP contribution in [0.25, 0.3) is 0 Å². The molecular weight excluding hydrogens is 526 g/mol. The van der Waals surface area contributed by atoms with Crippen molar-refractivity contribution in [2.24, 2.45) is 0 Å². The first-order valence-corrected chi connectivity index (χ1v) is 13.9. The summed E-state index contributed by atoms with van der Waals surface area (Å²) in [6.45, 7) is 0.903. The maximum Gasteiger partial charge on any atom is 0.256 e. The van der Waals surface area contributed by atoms with Crippen LogP contribution in [-0.4, -0.2) is 32.4 Å². The number of aryl methyl sites for hydroxylation is 1. The number of carbonyl (C=O) groups is 1. The standard InChI is InChI=1S/C32H30ClN3O4/c33-24-11-5-10-23(18-24)32(14-15-32)31-34-27-13-6-16-36(19-26(27)29(38)35-31)30(39)28(37)22-9-4-12-25(17-22)40-20-21-7-2-1-3-8-21/h1-5,7-12,17-18,28,37H,6,13-16,19-20H2,(H,34,35,38). The van der Waals surface area contributed by atoms with Crippen LogP contribution in [0.1, 0.15) is 59.1 Å². The summed E-state index contributed by atoms with van der Waals surface area (Å²) in [6.07, 6.45) is 1.64. The molecule has 204 valence electrons. The van der Waals surface area contributed by atoms with Crippen molar-refractivity contribution in [3.63, 3.8) is 0 Å². The van der Waals surface area contributed by atoms with Gasteiger partial charge in [-0.25, -0.2) is 4.98 Å². The number of nitrogens with zero attached hydrogens (tertiary/aromatic N) is 2. The highest BCUT2D eigenvalue weighted by atomic mass is 35.5. The van der Waals surface area contributed by atoms with Crippen LogP contribution in [0.15, 0.2) is 83.7 Å². The Morgan fingerprint density at radius 3 is 2.65 bits per heavy atom. The smallest absolute Gasteiger partial charge is 0.256 e. The predicted octanol–water partition coefficient (Wildman–Crippen LogP) is 5.09. The zero-order valence-electron chi connectivity index (χ0n) is 22.0. The summed E-state index contributed by atoms with van der Waals surface area (Å²) < 4.78 is 5.88. The minimum atomic E-state index is -1.37. The van der Waals surface area contributed by atoms with E-state index in [4.69, 9.17) is 21.3 Å². The van der Waals surface area contributed by atoms with Gasteiger partial charge in [0.2, 0.25) is 0 Å². The molecule has 0 saturated heterocycles. The van der Waals surface area contributed by atoms with Crippen LogP contribution < -0.4 is 10.3 Å². The summed E-state index contributed by atoms with van der Waals surface area (Å²) in [7, 11) is 0. The number of aromatic nitrogens is 2. The van der Waals surface area contributed by atoms with Crippen molar-refractivity contribution in [3.05, 3.63) is 128 Å². The molecule has 2 heterocycles. The molecule has 40 heavy (non-hydrogen) atoms. The van der Waals surface area contributed by atoms with Gasteiger partial charge >= 0.3 is 0 Å². The molecule has 7 nitrogen and oxygen atoms in total. The number of nitrogens with one attached hydrogen (secondary N) is 1.